The smallest absolute Gasteiger partial charge is 0.323 e. The lowest BCUT2D eigenvalue weighted by Gasteiger charge is -2.26. The van der Waals surface area contributed by atoms with Gasteiger partial charge in [0.2, 0.25) is 0 Å². The molecule has 0 aliphatic rings. The van der Waals surface area contributed by atoms with Crippen molar-refractivity contribution in [3.05, 3.63) is 35.9 Å². The first-order valence-corrected chi connectivity index (χ1v) is 7.30. The highest BCUT2D eigenvalue weighted by Gasteiger charge is 2.45. The fourth-order valence-electron chi connectivity index (χ4n) is 1.02. The van der Waals surface area contributed by atoms with Gasteiger partial charge in [-0.3, -0.25) is 4.57 Å². The fourth-order valence-corrected chi connectivity index (χ4v) is 3.23. The minimum Gasteiger partial charge on any atom is -0.323 e. The molecule has 3 nitrogen and oxygen atoms in total. The van der Waals surface area contributed by atoms with Crippen molar-refractivity contribution >= 4 is 39.5 Å². The van der Waals surface area contributed by atoms with Crippen molar-refractivity contribution in [2.75, 3.05) is 5.33 Å². The quantitative estimate of drug-likeness (QED) is 0.655. The van der Waals surface area contributed by atoms with Gasteiger partial charge in [-0.1, -0.05) is 62.2 Å². The number of hydrogen-bond acceptors (Lipinski definition) is 1. The lowest BCUT2D eigenvalue weighted by atomic mass is 10.2. The predicted molar refractivity (Wildman–Crippen MR) is 62.9 cm³/mol. The highest BCUT2D eigenvalue weighted by atomic mass is 79.9. The van der Waals surface area contributed by atoms with Crippen LogP contribution < -0.4 is 0 Å². The van der Waals surface area contributed by atoms with Crippen LogP contribution in [0.2, 0.25) is 0 Å². The second-order valence-corrected chi connectivity index (χ2v) is 7.18. The maximum Gasteiger partial charge on any atom is 0.347 e. The van der Waals surface area contributed by atoms with Crippen molar-refractivity contribution in [2.45, 2.75) is 4.07 Å². The van der Waals surface area contributed by atoms with Crippen molar-refractivity contribution < 1.29 is 14.4 Å². The molecule has 0 bridgehead atoms. The Kier molecular flexibility index (Phi) is 3.95. The SMILES string of the molecule is O=P(O)(O)C(Br)(CBr)c1ccccc1. The Morgan fingerprint density at radius 1 is 1.29 bits per heavy atom. The van der Waals surface area contributed by atoms with Crippen LogP contribution in [0.15, 0.2) is 30.3 Å². The Morgan fingerprint density at radius 2 is 1.79 bits per heavy atom. The van der Waals surface area contributed by atoms with Gasteiger partial charge < -0.3 is 9.79 Å². The van der Waals surface area contributed by atoms with Gasteiger partial charge in [0.05, 0.1) is 0 Å². The molecule has 1 unspecified atom stereocenters. The molecule has 0 aliphatic heterocycles. The van der Waals surface area contributed by atoms with E-state index in [-0.39, 0.29) is 5.33 Å². The maximum atomic E-state index is 11.3. The highest BCUT2D eigenvalue weighted by molar-refractivity contribution is 9.13. The van der Waals surface area contributed by atoms with Crippen LogP contribution in [-0.2, 0) is 8.63 Å². The summed E-state index contributed by atoms with van der Waals surface area (Å²) in [7, 11) is -4.24. The molecule has 0 fully saturated rings. The molecule has 1 atom stereocenters. The van der Waals surface area contributed by atoms with Gasteiger partial charge in [0.15, 0.2) is 4.07 Å². The molecule has 0 saturated carbocycles. The van der Waals surface area contributed by atoms with E-state index in [0.29, 0.717) is 5.56 Å². The molecule has 0 amide bonds. The summed E-state index contributed by atoms with van der Waals surface area (Å²) >= 11 is 6.21. The minimum atomic E-state index is -4.24. The van der Waals surface area contributed by atoms with Crippen LogP contribution in [0.1, 0.15) is 5.56 Å². The van der Waals surface area contributed by atoms with Gasteiger partial charge in [-0.05, 0) is 5.56 Å². The van der Waals surface area contributed by atoms with Gasteiger partial charge in [0, 0.05) is 5.33 Å². The third-order valence-corrected chi connectivity index (χ3v) is 7.35. The summed E-state index contributed by atoms with van der Waals surface area (Å²) < 4.78 is 9.97. The molecular formula is C8H9Br2O3P. The third-order valence-electron chi connectivity index (χ3n) is 1.85. The lowest BCUT2D eigenvalue weighted by Crippen LogP contribution is -2.19. The molecule has 1 aromatic rings. The molecule has 0 heterocycles. The molecular weight excluding hydrogens is 335 g/mol. The molecule has 0 aliphatic carbocycles. The maximum absolute atomic E-state index is 11.3. The van der Waals surface area contributed by atoms with E-state index < -0.39 is 11.7 Å². The van der Waals surface area contributed by atoms with Gasteiger partial charge in [-0.15, -0.1) is 0 Å². The molecule has 1 aromatic carbocycles. The first-order chi connectivity index (χ1) is 6.42. The largest absolute Gasteiger partial charge is 0.347 e. The second kappa shape index (κ2) is 4.45. The van der Waals surface area contributed by atoms with Crippen LogP contribution in [0.3, 0.4) is 0 Å². The van der Waals surface area contributed by atoms with Gasteiger partial charge in [0.1, 0.15) is 0 Å². The summed E-state index contributed by atoms with van der Waals surface area (Å²) in [5, 5.41) is 0.147. The van der Waals surface area contributed by atoms with Crippen LogP contribution in [0.4, 0.5) is 0 Å². The lowest BCUT2D eigenvalue weighted by molar-refractivity contribution is 0.358. The molecule has 2 N–H and O–H groups in total. The standard InChI is InChI=1S/C8H9Br2O3P/c9-6-8(10,14(11,12)13)7-4-2-1-3-5-7/h1-5H,6H2,(H2,11,12,13). The Labute approximate surface area is 98.9 Å². The molecule has 6 heteroatoms. The van der Waals surface area contributed by atoms with Gasteiger partial charge in [-0.2, -0.15) is 0 Å². The zero-order valence-corrected chi connectivity index (χ0v) is 11.2. The van der Waals surface area contributed by atoms with E-state index in [1.54, 1.807) is 30.3 Å². The topological polar surface area (TPSA) is 57.5 Å². The zero-order chi connectivity index (χ0) is 10.8. The molecule has 1 rings (SSSR count). The van der Waals surface area contributed by atoms with E-state index in [9.17, 15) is 14.4 Å². The van der Waals surface area contributed by atoms with E-state index in [1.807, 2.05) is 0 Å². The van der Waals surface area contributed by atoms with Crippen molar-refractivity contribution in [1.82, 2.24) is 0 Å². The van der Waals surface area contributed by atoms with Crippen molar-refractivity contribution in [2.24, 2.45) is 0 Å². The van der Waals surface area contributed by atoms with E-state index in [4.69, 9.17) is 0 Å². The Balaban J connectivity index is 3.23. The Morgan fingerprint density at radius 3 is 2.14 bits per heavy atom. The third kappa shape index (κ3) is 2.28. The van der Waals surface area contributed by atoms with E-state index >= 15 is 0 Å². The van der Waals surface area contributed by atoms with Gasteiger partial charge in [0.25, 0.3) is 0 Å². The van der Waals surface area contributed by atoms with E-state index in [2.05, 4.69) is 31.9 Å². The number of rotatable bonds is 3. The van der Waals surface area contributed by atoms with Crippen LogP contribution >= 0.6 is 39.5 Å². The first kappa shape index (κ1) is 12.4. The molecule has 78 valence electrons. The zero-order valence-electron chi connectivity index (χ0n) is 7.10. The summed E-state index contributed by atoms with van der Waals surface area (Å²) in [5.74, 6) is 0. The summed E-state index contributed by atoms with van der Waals surface area (Å²) in [6.45, 7) is 0. The monoisotopic (exact) mass is 342 g/mol. The highest BCUT2D eigenvalue weighted by Crippen LogP contribution is 2.61. The van der Waals surface area contributed by atoms with Crippen LogP contribution in [0.5, 0.6) is 0 Å². The van der Waals surface area contributed by atoms with E-state index in [1.165, 1.54) is 0 Å². The average molecular weight is 344 g/mol. The molecule has 0 saturated heterocycles. The second-order valence-electron chi connectivity index (χ2n) is 2.80. The molecule has 0 aromatic heterocycles. The van der Waals surface area contributed by atoms with Crippen molar-refractivity contribution in [3.8, 4) is 0 Å². The normalized spacial score (nSPS) is 16.3. The van der Waals surface area contributed by atoms with Gasteiger partial charge in [-0.25, -0.2) is 0 Å². The fraction of sp³-hybridized carbons (Fsp3) is 0.250. The average Bonchev–Trinajstić information content (AvgIpc) is 2.16. The summed E-state index contributed by atoms with van der Waals surface area (Å²) in [5.41, 5.74) is 0.560. The van der Waals surface area contributed by atoms with Gasteiger partial charge >= 0.3 is 7.60 Å². The summed E-state index contributed by atoms with van der Waals surface area (Å²) in [4.78, 5) is 18.4. The first-order valence-electron chi connectivity index (χ1n) is 3.78. The number of hydrogen-bond donors (Lipinski definition) is 2. The minimum absolute atomic E-state index is 0.147. The number of alkyl halides is 2. The summed E-state index contributed by atoms with van der Waals surface area (Å²) in [6, 6.07) is 8.63. The Bertz CT molecular complexity index is 351. The predicted octanol–water partition coefficient (Wildman–Crippen LogP) is 2.81. The molecule has 0 spiro atoms. The van der Waals surface area contributed by atoms with Crippen LogP contribution in [0, 0.1) is 0 Å². The van der Waals surface area contributed by atoms with Crippen molar-refractivity contribution in [1.29, 1.82) is 0 Å². The van der Waals surface area contributed by atoms with Crippen molar-refractivity contribution in [3.63, 3.8) is 0 Å². The Hall–Kier alpha value is 0.330. The van der Waals surface area contributed by atoms with Crippen LogP contribution in [0.25, 0.3) is 0 Å². The summed E-state index contributed by atoms with van der Waals surface area (Å²) in [6.07, 6.45) is 0. The van der Waals surface area contributed by atoms with E-state index in [0.717, 1.165) is 0 Å². The van der Waals surface area contributed by atoms with Crippen LogP contribution in [-0.4, -0.2) is 15.1 Å². The number of halogens is 2. The number of benzene rings is 1. The molecule has 0 radical (unpaired) electrons. The molecule has 14 heavy (non-hydrogen) atoms.